The Kier molecular flexibility index (Phi) is 4.73. The number of nitrogens with zero attached hydrogens (tertiary/aromatic N) is 1. The number of esters is 1. The van der Waals surface area contributed by atoms with Gasteiger partial charge >= 0.3 is 5.97 Å². The molecule has 0 N–H and O–H groups in total. The predicted octanol–water partition coefficient (Wildman–Crippen LogP) is 1.73. The number of benzene rings is 1. The Morgan fingerprint density at radius 1 is 1.38 bits per heavy atom. The van der Waals surface area contributed by atoms with Crippen LogP contribution in [0.1, 0.15) is 31.4 Å². The van der Waals surface area contributed by atoms with Crippen molar-refractivity contribution >= 4 is 18.2 Å². The second-order valence-electron chi connectivity index (χ2n) is 5.18. The summed E-state index contributed by atoms with van der Waals surface area (Å²) in [6, 6.07) is 8.43. The molecular formula is C16H19NO4. The number of hydrogen-bond donors (Lipinski definition) is 0. The smallest absolute Gasteiger partial charge is 0.311 e. The van der Waals surface area contributed by atoms with Crippen molar-refractivity contribution in [1.29, 1.82) is 0 Å². The molecule has 0 bridgehead atoms. The summed E-state index contributed by atoms with van der Waals surface area (Å²) in [4.78, 5) is 37.1. The summed E-state index contributed by atoms with van der Waals surface area (Å²) in [6.45, 7) is 1.86. The molecule has 2 rings (SSSR count). The van der Waals surface area contributed by atoms with Crippen LogP contribution in [0, 0.1) is 5.92 Å². The molecule has 3 atom stereocenters. The topological polar surface area (TPSA) is 63.7 Å². The number of hydrogen-bond acceptors (Lipinski definition) is 4. The normalized spacial score (nSPS) is 23.5. The second-order valence-corrected chi connectivity index (χ2v) is 5.18. The lowest BCUT2D eigenvalue weighted by Crippen LogP contribution is -2.52. The Morgan fingerprint density at radius 3 is 2.62 bits per heavy atom. The van der Waals surface area contributed by atoms with E-state index < -0.39 is 17.9 Å². The molecule has 112 valence electrons. The lowest BCUT2D eigenvalue weighted by Gasteiger charge is -2.40. The van der Waals surface area contributed by atoms with Crippen LogP contribution in [0.2, 0.25) is 0 Å². The second kappa shape index (κ2) is 6.52. The van der Waals surface area contributed by atoms with Crippen LogP contribution < -0.4 is 0 Å². The largest absolute Gasteiger partial charge is 0.469 e. The lowest BCUT2D eigenvalue weighted by molar-refractivity contribution is -0.158. The molecular weight excluding hydrogens is 270 g/mol. The van der Waals surface area contributed by atoms with E-state index in [4.69, 9.17) is 4.74 Å². The van der Waals surface area contributed by atoms with E-state index in [1.165, 1.54) is 12.0 Å². The highest BCUT2D eigenvalue weighted by molar-refractivity contribution is 5.87. The van der Waals surface area contributed by atoms with Crippen molar-refractivity contribution in [3.63, 3.8) is 0 Å². The van der Waals surface area contributed by atoms with Gasteiger partial charge in [0.1, 0.15) is 12.3 Å². The summed E-state index contributed by atoms with van der Waals surface area (Å²) in [5.74, 6) is -1.13. The molecule has 5 nitrogen and oxygen atoms in total. The molecule has 1 aromatic carbocycles. The maximum absolute atomic E-state index is 12.2. The molecule has 1 aromatic rings. The predicted molar refractivity (Wildman–Crippen MR) is 76.3 cm³/mol. The van der Waals surface area contributed by atoms with Crippen molar-refractivity contribution < 1.29 is 19.1 Å². The highest BCUT2D eigenvalue weighted by Crippen LogP contribution is 2.32. The molecule has 1 heterocycles. The van der Waals surface area contributed by atoms with E-state index in [9.17, 15) is 14.4 Å². The van der Waals surface area contributed by atoms with Crippen LogP contribution >= 0.6 is 0 Å². The number of carbonyl (C=O) groups excluding carboxylic acids is 3. The first-order valence-corrected chi connectivity index (χ1v) is 6.99. The Bertz CT molecular complexity index is 528. The number of rotatable bonds is 4. The zero-order chi connectivity index (χ0) is 15.4. The molecule has 1 aliphatic rings. The van der Waals surface area contributed by atoms with Crippen LogP contribution in [0.15, 0.2) is 30.3 Å². The van der Waals surface area contributed by atoms with Crippen molar-refractivity contribution in [2.45, 2.75) is 31.8 Å². The third kappa shape index (κ3) is 2.96. The minimum Gasteiger partial charge on any atom is -0.469 e. The van der Waals surface area contributed by atoms with Crippen molar-refractivity contribution in [2.24, 2.45) is 5.92 Å². The van der Waals surface area contributed by atoms with Crippen LogP contribution in [-0.4, -0.2) is 36.2 Å². The van der Waals surface area contributed by atoms with E-state index in [1.807, 2.05) is 37.3 Å². The molecule has 5 heteroatoms. The maximum Gasteiger partial charge on any atom is 0.311 e. The standard InChI is InChI=1S/C16H19NO4/c1-11(12-6-4-3-5-7-12)17-14(10-18)13(16(20)21-2)8-9-15(17)19/h3-7,10-11,13-14H,8-9H2,1-2H3/t11-,13+,14-/m1/s1. The van der Waals surface area contributed by atoms with Gasteiger partial charge in [-0.1, -0.05) is 30.3 Å². The van der Waals surface area contributed by atoms with E-state index in [1.54, 1.807) is 0 Å². The van der Waals surface area contributed by atoms with E-state index in [0.29, 0.717) is 12.7 Å². The van der Waals surface area contributed by atoms with E-state index in [-0.39, 0.29) is 18.4 Å². The van der Waals surface area contributed by atoms with Gasteiger partial charge in [0.15, 0.2) is 0 Å². The summed E-state index contributed by atoms with van der Waals surface area (Å²) in [7, 11) is 1.30. The zero-order valence-corrected chi connectivity index (χ0v) is 12.2. The first-order chi connectivity index (χ1) is 10.1. The fourth-order valence-corrected chi connectivity index (χ4v) is 2.87. The number of likely N-dealkylation sites (tertiary alicyclic amines) is 1. The van der Waals surface area contributed by atoms with Gasteiger partial charge in [-0.2, -0.15) is 0 Å². The molecule has 21 heavy (non-hydrogen) atoms. The monoisotopic (exact) mass is 289 g/mol. The Balaban J connectivity index is 2.31. The molecule has 0 saturated carbocycles. The highest BCUT2D eigenvalue weighted by atomic mass is 16.5. The number of methoxy groups -OCH3 is 1. The van der Waals surface area contributed by atoms with Crippen LogP contribution in [-0.2, 0) is 19.1 Å². The van der Waals surface area contributed by atoms with Gasteiger partial charge in [0.25, 0.3) is 0 Å². The van der Waals surface area contributed by atoms with Gasteiger partial charge in [0.2, 0.25) is 5.91 Å². The molecule has 1 amide bonds. The molecule has 0 aliphatic carbocycles. The number of carbonyl (C=O) groups is 3. The number of ether oxygens (including phenoxy) is 1. The van der Waals surface area contributed by atoms with Gasteiger partial charge in [-0.25, -0.2) is 0 Å². The summed E-state index contributed by atoms with van der Waals surface area (Å²) < 4.78 is 4.76. The van der Waals surface area contributed by atoms with Gasteiger partial charge in [-0.3, -0.25) is 9.59 Å². The van der Waals surface area contributed by atoms with Crippen molar-refractivity contribution in [1.82, 2.24) is 4.90 Å². The van der Waals surface area contributed by atoms with E-state index >= 15 is 0 Å². The van der Waals surface area contributed by atoms with Gasteiger partial charge in [0, 0.05) is 6.42 Å². The molecule has 0 spiro atoms. The van der Waals surface area contributed by atoms with Gasteiger partial charge in [-0.15, -0.1) is 0 Å². The lowest BCUT2D eigenvalue weighted by atomic mass is 9.87. The van der Waals surface area contributed by atoms with Crippen molar-refractivity contribution in [3.8, 4) is 0 Å². The summed E-state index contributed by atoms with van der Waals surface area (Å²) >= 11 is 0. The Labute approximate surface area is 123 Å². The van der Waals surface area contributed by atoms with Crippen LogP contribution in [0.4, 0.5) is 0 Å². The molecule has 1 fully saturated rings. The SMILES string of the molecule is COC(=O)[C@H]1CCC(=O)N([C@H](C)c2ccccc2)[C@@H]1C=O. The average Bonchev–Trinajstić information content (AvgIpc) is 2.53. The van der Waals surface area contributed by atoms with Gasteiger partial charge in [-0.05, 0) is 18.9 Å². The summed E-state index contributed by atoms with van der Waals surface area (Å²) in [6.07, 6.45) is 1.28. The number of piperidine rings is 1. The Morgan fingerprint density at radius 2 is 2.05 bits per heavy atom. The zero-order valence-electron chi connectivity index (χ0n) is 12.2. The number of aldehydes is 1. The van der Waals surface area contributed by atoms with E-state index in [0.717, 1.165) is 5.56 Å². The van der Waals surface area contributed by atoms with Crippen molar-refractivity contribution in [2.75, 3.05) is 7.11 Å². The fraction of sp³-hybridized carbons (Fsp3) is 0.438. The van der Waals surface area contributed by atoms with Crippen molar-refractivity contribution in [3.05, 3.63) is 35.9 Å². The molecule has 0 radical (unpaired) electrons. The highest BCUT2D eigenvalue weighted by Gasteiger charge is 2.42. The van der Waals surface area contributed by atoms with E-state index in [2.05, 4.69) is 0 Å². The first kappa shape index (κ1) is 15.2. The third-order valence-corrected chi connectivity index (χ3v) is 4.03. The fourth-order valence-electron chi connectivity index (χ4n) is 2.87. The van der Waals surface area contributed by atoms with Crippen LogP contribution in [0.3, 0.4) is 0 Å². The third-order valence-electron chi connectivity index (χ3n) is 4.03. The summed E-state index contributed by atoms with van der Waals surface area (Å²) in [5.41, 5.74) is 0.934. The van der Waals surface area contributed by atoms with Crippen LogP contribution in [0.25, 0.3) is 0 Å². The first-order valence-electron chi connectivity index (χ1n) is 6.99. The van der Waals surface area contributed by atoms with Crippen LogP contribution in [0.5, 0.6) is 0 Å². The molecule has 0 aromatic heterocycles. The van der Waals surface area contributed by atoms with Gasteiger partial charge < -0.3 is 14.4 Å². The molecule has 1 saturated heterocycles. The molecule has 0 unspecified atom stereocenters. The molecule has 1 aliphatic heterocycles. The maximum atomic E-state index is 12.2. The van der Waals surface area contributed by atoms with Gasteiger partial charge in [0.05, 0.1) is 19.1 Å². The minimum atomic E-state index is -0.770. The summed E-state index contributed by atoms with van der Waals surface area (Å²) in [5, 5.41) is 0. The minimum absolute atomic E-state index is 0.108. The average molecular weight is 289 g/mol. The number of amides is 1. The Hall–Kier alpha value is -2.17. The quantitative estimate of drug-likeness (QED) is 0.625.